The van der Waals surface area contributed by atoms with E-state index in [9.17, 15) is 0 Å². The largest absolute Gasteiger partial charge is 0.378 e. The molecule has 3 N–H and O–H groups in total. The molecule has 3 aromatic rings. The van der Waals surface area contributed by atoms with E-state index >= 15 is 0 Å². The van der Waals surface area contributed by atoms with Crippen molar-refractivity contribution in [3.63, 3.8) is 0 Å². The molecule has 1 atom stereocenters. The maximum atomic E-state index is 6.07. The second-order valence-corrected chi connectivity index (χ2v) is 8.00. The number of hydrogen-bond donors (Lipinski definition) is 3. The van der Waals surface area contributed by atoms with E-state index in [4.69, 9.17) is 11.6 Å². The Morgan fingerprint density at radius 1 is 1.14 bits per heavy atom. The molecule has 3 heterocycles. The third-order valence-corrected chi connectivity index (χ3v) is 5.80. The van der Waals surface area contributed by atoms with Crippen molar-refractivity contribution in [1.82, 2.24) is 25.7 Å². The molecular formula is C22H23ClN6. The summed E-state index contributed by atoms with van der Waals surface area (Å²) >= 11 is 6.07. The highest BCUT2D eigenvalue weighted by atomic mass is 35.5. The number of halogens is 1. The molecule has 5 rings (SSSR count). The van der Waals surface area contributed by atoms with E-state index in [0.29, 0.717) is 0 Å². The van der Waals surface area contributed by atoms with Gasteiger partial charge >= 0.3 is 0 Å². The molecule has 1 aromatic heterocycles. The average Bonchev–Trinajstić information content (AvgIpc) is 3.28. The lowest BCUT2D eigenvalue weighted by Crippen LogP contribution is -2.37. The molecule has 148 valence electrons. The Morgan fingerprint density at radius 2 is 1.97 bits per heavy atom. The Hall–Kier alpha value is -2.96. The van der Waals surface area contributed by atoms with Crippen molar-refractivity contribution in [2.24, 2.45) is 7.05 Å². The number of hydrazine groups is 2. The van der Waals surface area contributed by atoms with Gasteiger partial charge in [0, 0.05) is 41.6 Å². The van der Waals surface area contributed by atoms with Gasteiger partial charge in [-0.05, 0) is 54.8 Å². The Bertz CT molecular complexity index is 1080. The summed E-state index contributed by atoms with van der Waals surface area (Å²) in [7, 11) is 1.94. The average molecular weight is 407 g/mol. The molecule has 0 saturated heterocycles. The number of rotatable bonds is 3. The lowest BCUT2D eigenvalue weighted by molar-refractivity contribution is 0.281. The normalized spacial score (nSPS) is 18.2. The van der Waals surface area contributed by atoms with E-state index in [2.05, 4.69) is 57.7 Å². The Kier molecular flexibility index (Phi) is 4.45. The fourth-order valence-corrected chi connectivity index (χ4v) is 4.24. The van der Waals surface area contributed by atoms with Crippen LogP contribution in [-0.4, -0.2) is 21.3 Å². The van der Waals surface area contributed by atoms with Crippen molar-refractivity contribution >= 4 is 23.0 Å². The number of benzene rings is 2. The van der Waals surface area contributed by atoms with Crippen LogP contribution in [-0.2, 0) is 7.05 Å². The van der Waals surface area contributed by atoms with Crippen LogP contribution >= 0.6 is 11.6 Å². The Labute approximate surface area is 175 Å². The molecule has 2 aliphatic heterocycles. The van der Waals surface area contributed by atoms with Gasteiger partial charge in [-0.2, -0.15) is 5.10 Å². The van der Waals surface area contributed by atoms with Crippen LogP contribution in [0.3, 0.4) is 0 Å². The van der Waals surface area contributed by atoms with Crippen molar-refractivity contribution in [1.29, 1.82) is 0 Å². The van der Waals surface area contributed by atoms with Crippen LogP contribution in [0.1, 0.15) is 30.5 Å². The molecule has 0 radical (unpaired) electrons. The first-order valence-corrected chi connectivity index (χ1v) is 10.1. The number of allylic oxidation sites excluding steroid dienone is 1. The van der Waals surface area contributed by atoms with Gasteiger partial charge in [0.1, 0.15) is 0 Å². The molecular weight excluding hydrogens is 384 g/mol. The topological polar surface area (TPSA) is 57.2 Å². The molecule has 29 heavy (non-hydrogen) atoms. The SMILES string of the molecule is CC1=C2c3ccc(-c4cnn(C)c4)cc3C(Nc3ccc(Cl)cc3)CCN2NN1. The van der Waals surface area contributed by atoms with Crippen molar-refractivity contribution < 1.29 is 0 Å². The zero-order valence-electron chi connectivity index (χ0n) is 16.4. The van der Waals surface area contributed by atoms with E-state index < -0.39 is 0 Å². The zero-order valence-corrected chi connectivity index (χ0v) is 17.2. The molecule has 0 saturated carbocycles. The summed E-state index contributed by atoms with van der Waals surface area (Å²) in [4.78, 5) is 0. The summed E-state index contributed by atoms with van der Waals surface area (Å²) in [5, 5.41) is 11.0. The van der Waals surface area contributed by atoms with Crippen LogP contribution < -0.4 is 16.3 Å². The summed E-state index contributed by atoms with van der Waals surface area (Å²) in [6.07, 6.45) is 4.92. The minimum atomic E-state index is 0.176. The molecule has 0 spiro atoms. The molecule has 0 fully saturated rings. The second kappa shape index (κ2) is 7.13. The van der Waals surface area contributed by atoms with Crippen LogP contribution in [0.15, 0.2) is 60.6 Å². The van der Waals surface area contributed by atoms with Crippen molar-refractivity contribution in [2.45, 2.75) is 19.4 Å². The van der Waals surface area contributed by atoms with Gasteiger partial charge in [0.05, 0.1) is 23.6 Å². The van der Waals surface area contributed by atoms with Gasteiger partial charge in [-0.3, -0.25) is 9.69 Å². The quantitative estimate of drug-likeness (QED) is 0.605. The molecule has 2 aromatic carbocycles. The smallest absolute Gasteiger partial charge is 0.0814 e. The van der Waals surface area contributed by atoms with Gasteiger partial charge in [-0.15, -0.1) is 5.53 Å². The third-order valence-electron chi connectivity index (χ3n) is 5.55. The minimum Gasteiger partial charge on any atom is -0.378 e. The summed E-state index contributed by atoms with van der Waals surface area (Å²) in [5.74, 6) is 0. The number of aryl methyl sites for hydroxylation is 1. The number of nitrogens with one attached hydrogen (secondary N) is 3. The monoisotopic (exact) mass is 406 g/mol. The van der Waals surface area contributed by atoms with Gasteiger partial charge in [-0.1, -0.05) is 23.7 Å². The molecule has 6 nitrogen and oxygen atoms in total. The van der Waals surface area contributed by atoms with E-state index in [1.807, 2.05) is 42.2 Å². The molecule has 2 aliphatic rings. The first kappa shape index (κ1) is 18.1. The lowest BCUT2D eigenvalue weighted by Gasteiger charge is -2.21. The maximum Gasteiger partial charge on any atom is 0.0814 e. The number of aromatic nitrogens is 2. The van der Waals surface area contributed by atoms with Gasteiger partial charge in [-0.25, -0.2) is 0 Å². The van der Waals surface area contributed by atoms with E-state index in [0.717, 1.165) is 34.9 Å². The third kappa shape index (κ3) is 3.34. The number of hydrogen-bond acceptors (Lipinski definition) is 5. The van der Waals surface area contributed by atoms with Crippen molar-refractivity contribution in [2.75, 3.05) is 11.9 Å². The van der Waals surface area contributed by atoms with Gasteiger partial charge in [0.15, 0.2) is 0 Å². The van der Waals surface area contributed by atoms with Crippen LogP contribution in [0.4, 0.5) is 5.69 Å². The Balaban J connectivity index is 1.60. The number of anilines is 1. The van der Waals surface area contributed by atoms with E-state index in [1.54, 1.807) is 0 Å². The van der Waals surface area contributed by atoms with E-state index in [-0.39, 0.29) is 6.04 Å². The summed E-state index contributed by atoms with van der Waals surface area (Å²) in [6.45, 7) is 3.00. The minimum absolute atomic E-state index is 0.176. The standard InChI is InChI=1S/C22H23ClN6/c1-14-22-19-8-3-15(16-12-24-28(2)13-16)11-20(19)21(9-10-29(22)27-26-14)25-18-6-4-17(23)5-7-18/h3-8,11-13,21,25-27H,9-10H2,1-2H3. The van der Waals surface area contributed by atoms with Crippen molar-refractivity contribution in [3.05, 3.63) is 76.7 Å². The Morgan fingerprint density at radius 3 is 2.72 bits per heavy atom. The first-order valence-electron chi connectivity index (χ1n) is 9.74. The predicted octanol–water partition coefficient (Wildman–Crippen LogP) is 4.31. The van der Waals surface area contributed by atoms with Crippen LogP contribution in [0, 0.1) is 0 Å². The summed E-state index contributed by atoms with van der Waals surface area (Å²) in [6, 6.07) is 14.8. The second-order valence-electron chi connectivity index (χ2n) is 7.56. The number of nitrogens with zero attached hydrogens (tertiary/aromatic N) is 3. The van der Waals surface area contributed by atoms with Crippen LogP contribution in [0.2, 0.25) is 5.02 Å². The van der Waals surface area contributed by atoms with Crippen LogP contribution in [0.25, 0.3) is 16.8 Å². The predicted molar refractivity (Wildman–Crippen MR) is 117 cm³/mol. The summed E-state index contributed by atoms with van der Waals surface area (Å²) in [5.41, 5.74) is 14.7. The molecule has 1 unspecified atom stereocenters. The van der Waals surface area contributed by atoms with Crippen molar-refractivity contribution in [3.8, 4) is 11.1 Å². The van der Waals surface area contributed by atoms with Gasteiger partial charge in [0.2, 0.25) is 0 Å². The highest BCUT2D eigenvalue weighted by molar-refractivity contribution is 6.30. The maximum absolute atomic E-state index is 6.07. The zero-order chi connectivity index (χ0) is 20.0. The lowest BCUT2D eigenvalue weighted by atomic mass is 9.93. The summed E-state index contributed by atoms with van der Waals surface area (Å²) < 4.78 is 1.84. The highest BCUT2D eigenvalue weighted by Crippen LogP contribution is 2.39. The number of fused-ring (bicyclic) bond motifs is 3. The molecule has 0 bridgehead atoms. The van der Waals surface area contributed by atoms with Gasteiger partial charge < -0.3 is 10.7 Å². The fourth-order valence-electron chi connectivity index (χ4n) is 4.11. The molecule has 0 aliphatic carbocycles. The first-order chi connectivity index (χ1) is 14.1. The fraction of sp³-hybridized carbons (Fsp3) is 0.227. The van der Waals surface area contributed by atoms with Gasteiger partial charge in [0.25, 0.3) is 0 Å². The van der Waals surface area contributed by atoms with Crippen LogP contribution in [0.5, 0.6) is 0 Å². The van der Waals surface area contributed by atoms with E-state index in [1.165, 1.54) is 22.4 Å². The molecule has 0 amide bonds. The highest BCUT2D eigenvalue weighted by Gasteiger charge is 2.30. The molecule has 7 heteroatoms.